The molecule has 0 radical (unpaired) electrons. The highest BCUT2D eigenvalue weighted by Crippen LogP contribution is 2.38. The zero-order valence-electron chi connectivity index (χ0n) is 15.2. The maximum atomic E-state index is 12.9. The second kappa shape index (κ2) is 7.23. The SMILES string of the molecule is Oc1ccc2c(c1)c(C1CCNCC1)cn2CC1C=CC(C(F)(F)F)CC1. The van der Waals surface area contributed by atoms with Crippen LogP contribution in [-0.2, 0) is 6.54 Å². The summed E-state index contributed by atoms with van der Waals surface area (Å²) in [4.78, 5) is 0. The lowest BCUT2D eigenvalue weighted by Gasteiger charge is -2.25. The first-order valence-corrected chi connectivity index (χ1v) is 9.69. The van der Waals surface area contributed by atoms with Crippen LogP contribution in [0.5, 0.6) is 5.75 Å². The van der Waals surface area contributed by atoms with Crippen LogP contribution in [0.1, 0.15) is 37.2 Å². The van der Waals surface area contributed by atoms with Gasteiger partial charge in [0.2, 0.25) is 0 Å². The Kier molecular flexibility index (Phi) is 4.93. The van der Waals surface area contributed by atoms with Gasteiger partial charge in [-0.3, -0.25) is 0 Å². The number of aromatic hydroxyl groups is 1. The molecule has 27 heavy (non-hydrogen) atoms. The Morgan fingerprint density at radius 2 is 1.85 bits per heavy atom. The molecule has 0 spiro atoms. The van der Waals surface area contributed by atoms with Gasteiger partial charge in [0.1, 0.15) is 5.75 Å². The number of nitrogens with one attached hydrogen (secondary N) is 1. The van der Waals surface area contributed by atoms with Crippen LogP contribution in [-0.4, -0.2) is 28.9 Å². The lowest BCUT2D eigenvalue weighted by molar-refractivity contribution is -0.164. The number of allylic oxidation sites excluding steroid dienone is 2. The number of nitrogens with zero attached hydrogens (tertiary/aromatic N) is 1. The Morgan fingerprint density at radius 1 is 1.07 bits per heavy atom. The molecule has 2 unspecified atom stereocenters. The molecule has 2 atom stereocenters. The summed E-state index contributed by atoms with van der Waals surface area (Å²) in [5.74, 6) is -0.499. The molecule has 1 aliphatic carbocycles. The number of phenols is 1. The molecule has 0 saturated carbocycles. The lowest BCUT2D eigenvalue weighted by atomic mass is 9.88. The largest absolute Gasteiger partial charge is 0.508 e. The van der Waals surface area contributed by atoms with Gasteiger partial charge in [0.05, 0.1) is 5.92 Å². The van der Waals surface area contributed by atoms with Crippen LogP contribution in [0.15, 0.2) is 36.5 Å². The Morgan fingerprint density at radius 3 is 2.52 bits per heavy atom. The van der Waals surface area contributed by atoms with Crippen molar-refractivity contribution in [2.45, 2.75) is 44.3 Å². The molecule has 1 aliphatic heterocycles. The standard InChI is InChI=1S/C21H25F3N2O/c22-21(23,24)16-3-1-14(2-4-16)12-26-13-19(15-7-9-25-10-8-15)18-11-17(27)5-6-20(18)26/h1,3,5-6,11,13-16,25,27H,2,4,7-10,12H2. The second-order valence-corrected chi connectivity index (χ2v) is 7.83. The first kappa shape index (κ1) is 18.4. The van der Waals surface area contributed by atoms with Crippen molar-refractivity contribution in [3.8, 4) is 5.75 Å². The van der Waals surface area contributed by atoms with E-state index in [0.29, 0.717) is 18.9 Å². The van der Waals surface area contributed by atoms with Crippen molar-refractivity contribution in [2.75, 3.05) is 13.1 Å². The van der Waals surface area contributed by atoms with Gasteiger partial charge in [-0.1, -0.05) is 12.2 Å². The number of piperidine rings is 1. The summed E-state index contributed by atoms with van der Waals surface area (Å²) in [5, 5.41) is 14.4. The molecule has 1 fully saturated rings. The van der Waals surface area contributed by atoms with Gasteiger partial charge in [0.25, 0.3) is 0 Å². The maximum Gasteiger partial charge on any atom is 0.395 e. The normalized spacial score (nSPS) is 24.6. The number of phenolic OH excluding ortho intramolecular Hbond substituents is 1. The maximum absolute atomic E-state index is 12.9. The van der Waals surface area contributed by atoms with E-state index in [0.717, 1.165) is 36.8 Å². The number of hydrogen-bond acceptors (Lipinski definition) is 2. The van der Waals surface area contributed by atoms with E-state index in [1.807, 2.05) is 12.1 Å². The van der Waals surface area contributed by atoms with Crippen molar-refractivity contribution in [3.63, 3.8) is 0 Å². The van der Waals surface area contributed by atoms with Gasteiger partial charge >= 0.3 is 6.18 Å². The minimum atomic E-state index is -4.14. The monoisotopic (exact) mass is 378 g/mol. The lowest BCUT2D eigenvalue weighted by Crippen LogP contribution is -2.26. The van der Waals surface area contributed by atoms with E-state index in [-0.39, 0.29) is 18.1 Å². The molecular formula is C21H25F3N2O. The van der Waals surface area contributed by atoms with Crippen molar-refractivity contribution in [1.29, 1.82) is 0 Å². The Bertz CT molecular complexity index is 834. The summed E-state index contributed by atoms with van der Waals surface area (Å²) in [6.07, 6.45) is 3.91. The summed E-state index contributed by atoms with van der Waals surface area (Å²) < 4.78 is 40.8. The molecule has 2 heterocycles. The highest BCUT2D eigenvalue weighted by Gasteiger charge is 2.39. The number of hydrogen-bond donors (Lipinski definition) is 2. The average molecular weight is 378 g/mol. The highest BCUT2D eigenvalue weighted by molar-refractivity contribution is 5.86. The molecule has 4 rings (SSSR count). The van der Waals surface area contributed by atoms with Crippen LogP contribution in [0.2, 0.25) is 0 Å². The van der Waals surface area contributed by atoms with Gasteiger partial charge in [-0.2, -0.15) is 13.2 Å². The fourth-order valence-electron chi connectivity index (χ4n) is 4.48. The molecule has 2 aliphatic rings. The zero-order chi connectivity index (χ0) is 19.0. The molecule has 2 N–H and O–H groups in total. The minimum Gasteiger partial charge on any atom is -0.508 e. The van der Waals surface area contributed by atoms with Crippen LogP contribution in [0.3, 0.4) is 0 Å². The van der Waals surface area contributed by atoms with Crippen LogP contribution in [0, 0.1) is 11.8 Å². The van der Waals surface area contributed by atoms with E-state index in [2.05, 4.69) is 16.1 Å². The first-order chi connectivity index (χ1) is 12.9. The Hall–Kier alpha value is -1.95. The molecule has 0 bridgehead atoms. The van der Waals surface area contributed by atoms with E-state index >= 15 is 0 Å². The molecule has 1 aromatic heterocycles. The third-order valence-corrected chi connectivity index (χ3v) is 5.99. The van der Waals surface area contributed by atoms with Gasteiger partial charge in [-0.25, -0.2) is 0 Å². The van der Waals surface area contributed by atoms with E-state index in [4.69, 9.17) is 0 Å². The van der Waals surface area contributed by atoms with Crippen molar-refractivity contribution < 1.29 is 18.3 Å². The summed E-state index contributed by atoms with van der Waals surface area (Å²) >= 11 is 0. The first-order valence-electron chi connectivity index (χ1n) is 9.69. The Labute approximate surface area is 156 Å². The Balaban J connectivity index is 1.61. The number of alkyl halides is 3. The van der Waals surface area contributed by atoms with Gasteiger partial charge in [0.15, 0.2) is 0 Å². The van der Waals surface area contributed by atoms with Gasteiger partial charge < -0.3 is 15.0 Å². The number of fused-ring (bicyclic) bond motifs is 1. The molecular weight excluding hydrogens is 353 g/mol. The highest BCUT2D eigenvalue weighted by atomic mass is 19.4. The van der Waals surface area contributed by atoms with E-state index in [9.17, 15) is 18.3 Å². The van der Waals surface area contributed by atoms with Gasteiger partial charge in [0, 0.05) is 23.6 Å². The zero-order valence-corrected chi connectivity index (χ0v) is 15.2. The summed E-state index contributed by atoms with van der Waals surface area (Å²) in [6, 6.07) is 5.42. The smallest absolute Gasteiger partial charge is 0.395 e. The average Bonchev–Trinajstić information content (AvgIpc) is 3.00. The summed E-state index contributed by atoms with van der Waals surface area (Å²) in [5.41, 5.74) is 2.29. The van der Waals surface area contributed by atoms with Crippen molar-refractivity contribution in [1.82, 2.24) is 9.88 Å². The number of halogens is 3. The molecule has 146 valence electrons. The van der Waals surface area contributed by atoms with Crippen LogP contribution in [0.25, 0.3) is 10.9 Å². The van der Waals surface area contributed by atoms with E-state index in [1.54, 1.807) is 12.1 Å². The molecule has 1 aromatic carbocycles. The third kappa shape index (κ3) is 3.86. The van der Waals surface area contributed by atoms with Gasteiger partial charge in [-0.05, 0) is 74.4 Å². The third-order valence-electron chi connectivity index (χ3n) is 5.99. The fourth-order valence-corrected chi connectivity index (χ4v) is 4.48. The number of aromatic nitrogens is 1. The predicted octanol–water partition coefficient (Wildman–Crippen LogP) is 4.96. The molecule has 0 amide bonds. The van der Waals surface area contributed by atoms with Crippen LogP contribution < -0.4 is 5.32 Å². The van der Waals surface area contributed by atoms with Crippen LogP contribution >= 0.6 is 0 Å². The fraction of sp³-hybridized carbons (Fsp3) is 0.524. The summed E-state index contributed by atoms with van der Waals surface area (Å²) in [6.45, 7) is 2.65. The van der Waals surface area contributed by atoms with Gasteiger partial charge in [-0.15, -0.1) is 0 Å². The molecule has 6 heteroatoms. The van der Waals surface area contributed by atoms with E-state index < -0.39 is 12.1 Å². The van der Waals surface area contributed by atoms with Crippen molar-refractivity contribution >= 4 is 10.9 Å². The second-order valence-electron chi connectivity index (χ2n) is 7.83. The molecule has 3 nitrogen and oxygen atoms in total. The minimum absolute atomic E-state index is 0.105. The number of benzene rings is 1. The molecule has 2 aromatic rings. The molecule has 1 saturated heterocycles. The quantitative estimate of drug-likeness (QED) is 0.741. The summed E-state index contributed by atoms with van der Waals surface area (Å²) in [7, 11) is 0. The predicted molar refractivity (Wildman–Crippen MR) is 99.9 cm³/mol. The van der Waals surface area contributed by atoms with Crippen molar-refractivity contribution in [3.05, 3.63) is 42.1 Å². The van der Waals surface area contributed by atoms with E-state index in [1.165, 1.54) is 11.6 Å². The number of rotatable bonds is 3. The van der Waals surface area contributed by atoms with Crippen molar-refractivity contribution in [2.24, 2.45) is 11.8 Å². The van der Waals surface area contributed by atoms with Crippen LogP contribution in [0.4, 0.5) is 13.2 Å². The topological polar surface area (TPSA) is 37.2 Å².